The Kier molecular flexibility index (Phi) is 3.04. The molecule has 1 fully saturated rings. The maximum absolute atomic E-state index is 12.7. The van der Waals surface area contributed by atoms with E-state index in [1.54, 1.807) is 12.3 Å². The summed E-state index contributed by atoms with van der Waals surface area (Å²) in [5.74, 6) is 0.594. The van der Waals surface area contributed by atoms with E-state index in [2.05, 4.69) is 4.98 Å². The van der Waals surface area contributed by atoms with Gasteiger partial charge in [0.15, 0.2) is 0 Å². The molecule has 0 unspecified atom stereocenters. The van der Waals surface area contributed by atoms with Gasteiger partial charge < -0.3 is 0 Å². The molecule has 1 heterocycles. The molecule has 0 radical (unpaired) electrons. The Bertz CT molecular complexity index is 642. The van der Waals surface area contributed by atoms with Crippen molar-refractivity contribution in [1.29, 1.82) is 0 Å². The van der Waals surface area contributed by atoms with Crippen LogP contribution in [0, 0.1) is 6.92 Å². The third-order valence-electron chi connectivity index (χ3n) is 3.61. The molecular weight excluding hydrogens is 263 g/mol. The third kappa shape index (κ3) is 2.55. The van der Waals surface area contributed by atoms with Gasteiger partial charge in [0.25, 0.3) is 0 Å². The van der Waals surface area contributed by atoms with Crippen LogP contribution in [-0.2, 0) is 6.18 Å². The lowest BCUT2D eigenvalue weighted by molar-refractivity contribution is -0.137. The highest BCUT2D eigenvalue weighted by atomic mass is 19.4. The lowest BCUT2D eigenvalue weighted by Crippen LogP contribution is -2.04. The maximum Gasteiger partial charge on any atom is 0.416 e. The highest BCUT2D eigenvalue weighted by Gasteiger charge is 2.30. The molecule has 0 N–H and O–H groups in total. The lowest BCUT2D eigenvalue weighted by Gasteiger charge is -2.11. The zero-order valence-corrected chi connectivity index (χ0v) is 11.0. The largest absolute Gasteiger partial charge is 0.416 e. The van der Waals surface area contributed by atoms with E-state index in [0.717, 1.165) is 17.7 Å². The predicted octanol–water partition coefficient (Wildman–Crippen LogP) is 4.95. The van der Waals surface area contributed by atoms with Crippen LogP contribution in [0.5, 0.6) is 0 Å². The summed E-state index contributed by atoms with van der Waals surface area (Å²) in [6.45, 7) is 1.90. The number of rotatable bonds is 2. The Hall–Kier alpha value is -1.84. The van der Waals surface area contributed by atoms with Crippen LogP contribution in [0.25, 0.3) is 11.3 Å². The van der Waals surface area contributed by atoms with Crippen LogP contribution < -0.4 is 0 Å². The Labute approximate surface area is 115 Å². The minimum absolute atomic E-state index is 0.514. The molecule has 0 atom stereocenters. The number of benzene rings is 1. The van der Waals surface area contributed by atoms with Gasteiger partial charge in [-0.15, -0.1) is 0 Å². The van der Waals surface area contributed by atoms with Gasteiger partial charge in [0.1, 0.15) is 0 Å². The zero-order valence-electron chi connectivity index (χ0n) is 11.0. The molecule has 3 rings (SSSR count). The number of pyridine rings is 1. The average Bonchev–Trinajstić information content (AvgIpc) is 3.22. The molecular formula is C16H14F3N. The van der Waals surface area contributed by atoms with E-state index in [-0.39, 0.29) is 0 Å². The smallest absolute Gasteiger partial charge is 0.256 e. The molecule has 0 aliphatic heterocycles. The fourth-order valence-corrected chi connectivity index (χ4v) is 2.38. The van der Waals surface area contributed by atoms with Gasteiger partial charge >= 0.3 is 6.18 Å². The van der Waals surface area contributed by atoms with Crippen LogP contribution in [0.1, 0.15) is 35.4 Å². The second-order valence-corrected chi connectivity index (χ2v) is 5.29. The number of hydrogen-bond acceptors (Lipinski definition) is 1. The standard InChI is InChI=1S/C16H14F3N/c1-10-7-13(11-5-6-11)9-20-15(10)12-3-2-4-14(8-12)16(17,18)19/h2-4,7-9,11H,5-6H2,1H3. The fourth-order valence-electron chi connectivity index (χ4n) is 2.38. The van der Waals surface area contributed by atoms with Gasteiger partial charge in [-0.1, -0.05) is 18.2 Å². The molecule has 1 aromatic carbocycles. The molecule has 0 amide bonds. The Balaban J connectivity index is 2.00. The van der Waals surface area contributed by atoms with E-state index in [9.17, 15) is 13.2 Å². The number of halogens is 3. The van der Waals surface area contributed by atoms with E-state index in [1.165, 1.54) is 24.5 Å². The first-order chi connectivity index (χ1) is 9.45. The van der Waals surface area contributed by atoms with Gasteiger partial charge in [-0.25, -0.2) is 0 Å². The molecule has 1 saturated carbocycles. The highest BCUT2D eigenvalue weighted by Crippen LogP contribution is 2.41. The number of aromatic nitrogens is 1. The summed E-state index contributed by atoms with van der Waals surface area (Å²) >= 11 is 0. The molecule has 0 bridgehead atoms. The maximum atomic E-state index is 12.7. The van der Waals surface area contributed by atoms with Crippen LogP contribution >= 0.6 is 0 Å². The van der Waals surface area contributed by atoms with Crippen molar-refractivity contribution >= 4 is 0 Å². The summed E-state index contributed by atoms with van der Waals surface area (Å²) in [6.07, 6.45) is -0.161. The molecule has 1 aliphatic carbocycles. The van der Waals surface area contributed by atoms with Crippen LogP contribution in [-0.4, -0.2) is 4.98 Å². The fraction of sp³-hybridized carbons (Fsp3) is 0.312. The van der Waals surface area contributed by atoms with Gasteiger partial charge in [-0.2, -0.15) is 13.2 Å². The summed E-state index contributed by atoms with van der Waals surface area (Å²) in [6, 6.07) is 7.37. The minimum atomic E-state index is -4.32. The molecule has 0 saturated heterocycles. The molecule has 0 spiro atoms. The normalized spacial score (nSPS) is 15.4. The summed E-state index contributed by atoms with van der Waals surface area (Å²) in [5, 5.41) is 0. The third-order valence-corrected chi connectivity index (χ3v) is 3.61. The van der Waals surface area contributed by atoms with Crippen LogP contribution in [0.4, 0.5) is 13.2 Å². The molecule has 20 heavy (non-hydrogen) atoms. The van der Waals surface area contributed by atoms with Crippen LogP contribution in [0.15, 0.2) is 36.5 Å². The highest BCUT2D eigenvalue weighted by molar-refractivity contribution is 5.64. The van der Waals surface area contributed by atoms with Gasteiger partial charge in [0.2, 0.25) is 0 Å². The zero-order chi connectivity index (χ0) is 14.3. The van der Waals surface area contributed by atoms with Gasteiger partial charge in [-0.05, 0) is 48.9 Å². The lowest BCUT2D eigenvalue weighted by atomic mass is 10.0. The van der Waals surface area contributed by atoms with E-state index in [1.807, 2.05) is 13.0 Å². The van der Waals surface area contributed by atoms with E-state index in [0.29, 0.717) is 17.2 Å². The summed E-state index contributed by atoms with van der Waals surface area (Å²) < 4.78 is 38.2. The molecule has 2 aromatic rings. The SMILES string of the molecule is Cc1cc(C2CC2)cnc1-c1cccc(C(F)(F)F)c1. The minimum Gasteiger partial charge on any atom is -0.256 e. The van der Waals surface area contributed by atoms with E-state index >= 15 is 0 Å². The van der Waals surface area contributed by atoms with Crippen molar-refractivity contribution in [1.82, 2.24) is 4.98 Å². The summed E-state index contributed by atoms with van der Waals surface area (Å²) in [4.78, 5) is 4.37. The predicted molar refractivity (Wildman–Crippen MR) is 71.4 cm³/mol. The van der Waals surface area contributed by atoms with Gasteiger partial charge in [0.05, 0.1) is 11.3 Å². The number of nitrogens with zero attached hydrogens (tertiary/aromatic N) is 1. The van der Waals surface area contributed by atoms with Crippen molar-refractivity contribution < 1.29 is 13.2 Å². The van der Waals surface area contributed by atoms with Gasteiger partial charge in [-0.3, -0.25) is 4.98 Å². The van der Waals surface area contributed by atoms with Crippen molar-refractivity contribution in [3.8, 4) is 11.3 Å². The number of alkyl halides is 3. The first-order valence-electron chi connectivity index (χ1n) is 6.59. The monoisotopic (exact) mass is 277 g/mol. The van der Waals surface area contributed by atoms with Crippen molar-refractivity contribution in [2.75, 3.05) is 0 Å². The first-order valence-corrected chi connectivity index (χ1v) is 6.59. The van der Waals surface area contributed by atoms with E-state index < -0.39 is 11.7 Å². The Morgan fingerprint density at radius 1 is 1.15 bits per heavy atom. The summed E-state index contributed by atoms with van der Waals surface area (Å²) in [7, 11) is 0. The molecule has 1 nitrogen and oxygen atoms in total. The molecule has 1 aliphatic rings. The van der Waals surface area contributed by atoms with Crippen molar-refractivity contribution in [2.24, 2.45) is 0 Å². The molecule has 1 aromatic heterocycles. The Morgan fingerprint density at radius 2 is 1.90 bits per heavy atom. The topological polar surface area (TPSA) is 12.9 Å². The molecule has 104 valence electrons. The second-order valence-electron chi connectivity index (χ2n) is 5.29. The van der Waals surface area contributed by atoms with Crippen molar-refractivity contribution in [3.63, 3.8) is 0 Å². The van der Waals surface area contributed by atoms with Gasteiger partial charge in [0, 0.05) is 11.8 Å². The summed E-state index contributed by atoms with van der Waals surface area (Å²) in [5.41, 5.74) is 2.62. The molecule has 4 heteroatoms. The number of aryl methyl sites for hydroxylation is 1. The first kappa shape index (κ1) is 13.2. The Morgan fingerprint density at radius 3 is 2.50 bits per heavy atom. The van der Waals surface area contributed by atoms with Crippen LogP contribution in [0.2, 0.25) is 0 Å². The quantitative estimate of drug-likeness (QED) is 0.756. The van der Waals surface area contributed by atoms with Crippen molar-refractivity contribution in [2.45, 2.75) is 31.9 Å². The average molecular weight is 277 g/mol. The van der Waals surface area contributed by atoms with E-state index in [4.69, 9.17) is 0 Å². The van der Waals surface area contributed by atoms with Crippen LogP contribution in [0.3, 0.4) is 0 Å². The number of hydrogen-bond donors (Lipinski definition) is 0. The van der Waals surface area contributed by atoms with Crippen molar-refractivity contribution in [3.05, 3.63) is 53.2 Å². The second kappa shape index (κ2) is 4.62.